The molecule has 19 heavy (non-hydrogen) atoms. The van der Waals surface area contributed by atoms with E-state index in [4.69, 9.17) is 10.00 Å². The van der Waals surface area contributed by atoms with Crippen LogP contribution in [0.25, 0.3) is 0 Å². The lowest BCUT2D eigenvalue weighted by Gasteiger charge is -2.06. The predicted octanol–water partition coefficient (Wildman–Crippen LogP) is 3.40. The third-order valence-corrected chi connectivity index (χ3v) is 2.33. The van der Waals surface area contributed by atoms with Gasteiger partial charge in [-0.2, -0.15) is 5.26 Å². The number of hydrogen-bond donors (Lipinski definition) is 0. The first-order valence-electron chi connectivity index (χ1n) is 5.22. The number of nitrogens with zero attached hydrogens (tertiary/aromatic N) is 2. The molecule has 0 fully saturated rings. The summed E-state index contributed by atoms with van der Waals surface area (Å²) >= 11 is 0. The molecule has 0 aromatic heterocycles. The normalized spacial score (nSPS) is 9.68. The molecule has 2 aromatic carbocycles. The van der Waals surface area contributed by atoms with E-state index in [2.05, 4.69) is 0 Å². The second-order valence-corrected chi connectivity index (χ2v) is 3.61. The van der Waals surface area contributed by atoms with Crippen LogP contribution < -0.4 is 4.74 Å². The average molecular weight is 258 g/mol. The molecular formula is C13H7FN2O3. The highest BCUT2D eigenvalue weighted by Gasteiger charge is 2.16. The summed E-state index contributed by atoms with van der Waals surface area (Å²) < 4.78 is 18.0. The maximum absolute atomic E-state index is 12.7. The zero-order chi connectivity index (χ0) is 13.8. The van der Waals surface area contributed by atoms with E-state index in [0.29, 0.717) is 0 Å². The maximum Gasteiger partial charge on any atom is 0.312 e. The fourth-order valence-corrected chi connectivity index (χ4v) is 1.45. The van der Waals surface area contributed by atoms with Crippen molar-refractivity contribution in [3.05, 3.63) is 64.0 Å². The fourth-order valence-electron chi connectivity index (χ4n) is 1.45. The van der Waals surface area contributed by atoms with E-state index in [1.54, 1.807) is 0 Å². The molecule has 5 nitrogen and oxygen atoms in total. The van der Waals surface area contributed by atoms with Crippen molar-refractivity contribution < 1.29 is 14.1 Å². The third-order valence-electron chi connectivity index (χ3n) is 2.33. The van der Waals surface area contributed by atoms with E-state index in [0.717, 1.165) is 6.07 Å². The average Bonchev–Trinajstić information content (AvgIpc) is 2.41. The lowest BCUT2D eigenvalue weighted by molar-refractivity contribution is -0.385. The number of nitriles is 1. The number of nitro benzene ring substituents is 1. The van der Waals surface area contributed by atoms with Gasteiger partial charge in [0.1, 0.15) is 11.6 Å². The van der Waals surface area contributed by atoms with E-state index in [9.17, 15) is 14.5 Å². The van der Waals surface area contributed by atoms with Crippen LogP contribution in [0, 0.1) is 27.3 Å². The van der Waals surface area contributed by atoms with Gasteiger partial charge in [0.15, 0.2) is 0 Å². The first-order chi connectivity index (χ1) is 9.10. The van der Waals surface area contributed by atoms with E-state index in [-0.39, 0.29) is 22.7 Å². The standard InChI is InChI=1S/C13H7FN2O3/c14-10-2-4-11(5-3-10)19-13-6-1-9(8-15)7-12(13)16(17)18/h1-7H. The summed E-state index contributed by atoms with van der Waals surface area (Å²) in [5, 5.41) is 19.6. The highest BCUT2D eigenvalue weighted by atomic mass is 19.1. The molecule has 2 aromatic rings. The Bertz CT molecular complexity index is 663. The largest absolute Gasteiger partial charge is 0.450 e. The second-order valence-electron chi connectivity index (χ2n) is 3.61. The van der Waals surface area contributed by atoms with Crippen molar-refractivity contribution in [3.8, 4) is 17.6 Å². The lowest BCUT2D eigenvalue weighted by Crippen LogP contribution is -1.94. The molecule has 0 atom stereocenters. The summed E-state index contributed by atoms with van der Waals surface area (Å²) in [4.78, 5) is 10.3. The molecule has 0 saturated heterocycles. The summed E-state index contributed by atoms with van der Waals surface area (Å²) in [7, 11) is 0. The van der Waals surface area contributed by atoms with Gasteiger partial charge in [0.2, 0.25) is 5.75 Å². The highest BCUT2D eigenvalue weighted by Crippen LogP contribution is 2.31. The van der Waals surface area contributed by atoms with Gasteiger partial charge >= 0.3 is 5.69 Å². The van der Waals surface area contributed by atoms with Gasteiger partial charge in [0, 0.05) is 6.07 Å². The van der Waals surface area contributed by atoms with Crippen LogP contribution in [0.4, 0.5) is 10.1 Å². The Kier molecular flexibility index (Phi) is 3.39. The molecular weight excluding hydrogens is 251 g/mol. The molecule has 0 aliphatic heterocycles. The minimum Gasteiger partial charge on any atom is -0.450 e. The molecule has 0 saturated carbocycles. The zero-order valence-corrected chi connectivity index (χ0v) is 9.54. The minimum absolute atomic E-state index is 0.00407. The van der Waals surface area contributed by atoms with Gasteiger partial charge in [0.05, 0.1) is 16.6 Å². The van der Waals surface area contributed by atoms with Crippen molar-refractivity contribution in [2.24, 2.45) is 0 Å². The Hall–Kier alpha value is -2.94. The molecule has 0 aliphatic carbocycles. The van der Waals surface area contributed by atoms with Crippen LogP contribution in [0.5, 0.6) is 11.5 Å². The highest BCUT2D eigenvalue weighted by molar-refractivity contribution is 5.53. The van der Waals surface area contributed by atoms with Crippen molar-refractivity contribution in [1.29, 1.82) is 5.26 Å². The van der Waals surface area contributed by atoms with Crippen LogP contribution >= 0.6 is 0 Å². The van der Waals surface area contributed by atoms with Crippen molar-refractivity contribution in [1.82, 2.24) is 0 Å². The molecule has 2 rings (SSSR count). The van der Waals surface area contributed by atoms with Gasteiger partial charge in [-0.05, 0) is 36.4 Å². The van der Waals surface area contributed by atoms with Crippen molar-refractivity contribution in [2.75, 3.05) is 0 Å². The number of nitro groups is 1. The molecule has 0 bridgehead atoms. The maximum atomic E-state index is 12.7. The van der Waals surface area contributed by atoms with E-state index >= 15 is 0 Å². The Morgan fingerprint density at radius 2 is 1.89 bits per heavy atom. The fraction of sp³-hybridized carbons (Fsp3) is 0. The minimum atomic E-state index is -0.639. The quantitative estimate of drug-likeness (QED) is 0.624. The Labute approximate surface area is 107 Å². The SMILES string of the molecule is N#Cc1ccc(Oc2ccc(F)cc2)c([N+](=O)[O-])c1. The topological polar surface area (TPSA) is 76.2 Å². The van der Waals surface area contributed by atoms with Crippen LogP contribution in [0.15, 0.2) is 42.5 Å². The number of benzene rings is 2. The first-order valence-corrected chi connectivity index (χ1v) is 5.22. The number of rotatable bonds is 3. The van der Waals surface area contributed by atoms with E-state index in [1.165, 1.54) is 36.4 Å². The number of ether oxygens (including phenoxy) is 1. The van der Waals surface area contributed by atoms with Crippen LogP contribution in [-0.2, 0) is 0 Å². The van der Waals surface area contributed by atoms with Gasteiger partial charge in [-0.3, -0.25) is 10.1 Å². The van der Waals surface area contributed by atoms with Gasteiger partial charge in [-0.1, -0.05) is 0 Å². The molecule has 0 N–H and O–H groups in total. The summed E-state index contributed by atoms with van der Waals surface area (Å²) in [5.74, 6) is -0.161. The molecule has 94 valence electrons. The summed E-state index contributed by atoms with van der Waals surface area (Å²) in [6.45, 7) is 0. The molecule has 0 aliphatic rings. The Morgan fingerprint density at radius 3 is 2.47 bits per heavy atom. The smallest absolute Gasteiger partial charge is 0.312 e. The molecule has 0 heterocycles. The number of hydrogen-bond acceptors (Lipinski definition) is 4. The van der Waals surface area contributed by atoms with Crippen LogP contribution in [-0.4, -0.2) is 4.92 Å². The lowest BCUT2D eigenvalue weighted by atomic mass is 10.2. The Morgan fingerprint density at radius 1 is 1.21 bits per heavy atom. The molecule has 6 heteroatoms. The summed E-state index contributed by atoms with van der Waals surface area (Å²) in [5.41, 5.74) is -0.151. The van der Waals surface area contributed by atoms with Crippen molar-refractivity contribution >= 4 is 5.69 Å². The van der Waals surface area contributed by atoms with E-state index < -0.39 is 10.7 Å². The monoisotopic (exact) mass is 258 g/mol. The van der Waals surface area contributed by atoms with Gasteiger partial charge in [-0.25, -0.2) is 4.39 Å². The van der Waals surface area contributed by atoms with Gasteiger partial charge in [0.25, 0.3) is 0 Å². The predicted molar refractivity (Wildman–Crippen MR) is 64.3 cm³/mol. The zero-order valence-electron chi connectivity index (χ0n) is 9.54. The molecule has 0 unspecified atom stereocenters. The van der Waals surface area contributed by atoms with Crippen LogP contribution in [0.2, 0.25) is 0 Å². The molecule has 0 radical (unpaired) electrons. The molecule has 0 amide bonds. The summed E-state index contributed by atoms with van der Waals surface area (Å²) in [6, 6.07) is 10.8. The van der Waals surface area contributed by atoms with Crippen molar-refractivity contribution in [3.63, 3.8) is 0 Å². The second kappa shape index (κ2) is 5.14. The van der Waals surface area contributed by atoms with Gasteiger partial charge < -0.3 is 4.74 Å². The van der Waals surface area contributed by atoms with Crippen LogP contribution in [0.3, 0.4) is 0 Å². The van der Waals surface area contributed by atoms with Gasteiger partial charge in [-0.15, -0.1) is 0 Å². The third kappa shape index (κ3) is 2.84. The number of halogens is 1. The Balaban J connectivity index is 2.37. The first kappa shape index (κ1) is 12.5. The van der Waals surface area contributed by atoms with Crippen molar-refractivity contribution in [2.45, 2.75) is 0 Å². The molecule has 0 spiro atoms. The summed E-state index contributed by atoms with van der Waals surface area (Å²) in [6.07, 6.45) is 0. The van der Waals surface area contributed by atoms with Crippen LogP contribution in [0.1, 0.15) is 5.56 Å². The van der Waals surface area contributed by atoms with E-state index in [1.807, 2.05) is 6.07 Å².